The summed E-state index contributed by atoms with van der Waals surface area (Å²) in [7, 11) is 0. The molecule has 0 heterocycles. The van der Waals surface area contributed by atoms with Gasteiger partial charge in [-0.05, 0) is 49.6 Å². The van der Waals surface area contributed by atoms with Crippen molar-refractivity contribution in [2.24, 2.45) is 0 Å². The Morgan fingerprint density at radius 2 is 1.80 bits per heavy atom. The number of rotatable bonds is 10. The lowest BCUT2D eigenvalue weighted by Crippen LogP contribution is -2.50. The zero-order valence-electron chi connectivity index (χ0n) is 17.5. The number of halogens is 2. The molecule has 0 spiro atoms. The number of amides is 2. The van der Waals surface area contributed by atoms with E-state index in [-0.39, 0.29) is 29.4 Å². The Morgan fingerprint density at radius 1 is 1.13 bits per heavy atom. The summed E-state index contributed by atoms with van der Waals surface area (Å²) in [6.45, 7) is 6.02. The molecule has 30 heavy (non-hydrogen) atoms. The average Bonchev–Trinajstić information content (AvgIpc) is 2.73. The summed E-state index contributed by atoms with van der Waals surface area (Å²) in [6, 6.07) is 13.7. The van der Waals surface area contributed by atoms with E-state index in [1.165, 1.54) is 17.8 Å². The van der Waals surface area contributed by atoms with E-state index in [0.29, 0.717) is 17.9 Å². The molecule has 0 aliphatic heterocycles. The third-order valence-corrected chi connectivity index (χ3v) is 6.37. The summed E-state index contributed by atoms with van der Waals surface area (Å²) in [4.78, 5) is 27.3. The van der Waals surface area contributed by atoms with Crippen molar-refractivity contribution in [3.8, 4) is 0 Å². The van der Waals surface area contributed by atoms with Gasteiger partial charge in [-0.1, -0.05) is 53.2 Å². The van der Waals surface area contributed by atoms with Gasteiger partial charge in [0.05, 0.1) is 5.75 Å². The molecule has 7 heteroatoms. The summed E-state index contributed by atoms with van der Waals surface area (Å²) in [5, 5.41) is 2.95. The molecule has 0 aliphatic rings. The van der Waals surface area contributed by atoms with Crippen LogP contribution >= 0.6 is 27.7 Å². The molecule has 2 rings (SSSR count). The Hall–Kier alpha value is -1.86. The van der Waals surface area contributed by atoms with Crippen LogP contribution in [0.4, 0.5) is 4.39 Å². The largest absolute Gasteiger partial charge is 0.352 e. The minimum atomic E-state index is -0.607. The van der Waals surface area contributed by atoms with Gasteiger partial charge in [0, 0.05) is 22.8 Å². The molecule has 0 aliphatic carbocycles. The van der Waals surface area contributed by atoms with Crippen molar-refractivity contribution in [1.29, 1.82) is 0 Å². The Morgan fingerprint density at radius 3 is 2.43 bits per heavy atom. The molecular weight excluding hydrogens is 467 g/mol. The molecule has 0 saturated carbocycles. The molecular formula is C23H28BrFN2O2S. The monoisotopic (exact) mass is 494 g/mol. The van der Waals surface area contributed by atoms with Crippen LogP contribution in [0.2, 0.25) is 0 Å². The minimum Gasteiger partial charge on any atom is -0.352 e. The summed E-state index contributed by atoms with van der Waals surface area (Å²) in [6.07, 6.45) is 0.817. The quantitative estimate of drug-likeness (QED) is 0.496. The number of nitrogens with zero attached hydrogens (tertiary/aromatic N) is 1. The first-order chi connectivity index (χ1) is 14.3. The fourth-order valence-electron chi connectivity index (χ4n) is 2.78. The SMILES string of the molecule is CC[C@@H](C)NC(=O)[C@H](C)N(Cc1ccc(Br)cc1)C(=O)CSCc1ccccc1F. The van der Waals surface area contributed by atoms with Crippen molar-refractivity contribution in [2.75, 3.05) is 5.75 Å². The smallest absolute Gasteiger partial charge is 0.242 e. The predicted octanol–water partition coefficient (Wildman–Crippen LogP) is 5.15. The van der Waals surface area contributed by atoms with E-state index in [2.05, 4.69) is 21.2 Å². The highest BCUT2D eigenvalue weighted by atomic mass is 79.9. The van der Waals surface area contributed by atoms with Crippen LogP contribution in [0.5, 0.6) is 0 Å². The Kier molecular flexibility index (Phi) is 9.85. The molecule has 0 fully saturated rings. The van der Waals surface area contributed by atoms with Gasteiger partial charge in [0.25, 0.3) is 0 Å². The Bertz CT molecular complexity index is 847. The molecule has 2 aromatic carbocycles. The van der Waals surface area contributed by atoms with Crippen LogP contribution in [0.25, 0.3) is 0 Å². The molecule has 1 N–H and O–H groups in total. The number of nitrogens with one attached hydrogen (secondary N) is 1. The summed E-state index contributed by atoms with van der Waals surface area (Å²) >= 11 is 4.76. The van der Waals surface area contributed by atoms with Gasteiger partial charge in [-0.15, -0.1) is 11.8 Å². The molecule has 0 saturated heterocycles. The topological polar surface area (TPSA) is 49.4 Å². The molecule has 0 bridgehead atoms. The van der Waals surface area contributed by atoms with E-state index in [4.69, 9.17) is 0 Å². The van der Waals surface area contributed by atoms with Crippen LogP contribution in [0, 0.1) is 5.82 Å². The van der Waals surface area contributed by atoms with Gasteiger partial charge < -0.3 is 10.2 Å². The second-order valence-corrected chi connectivity index (χ2v) is 9.13. The molecule has 0 radical (unpaired) electrons. The average molecular weight is 495 g/mol. The molecule has 2 atom stereocenters. The normalized spacial score (nSPS) is 12.8. The van der Waals surface area contributed by atoms with Crippen molar-refractivity contribution in [1.82, 2.24) is 10.2 Å². The van der Waals surface area contributed by atoms with Crippen molar-refractivity contribution >= 4 is 39.5 Å². The number of carbonyl (C=O) groups is 2. The number of hydrogen-bond acceptors (Lipinski definition) is 3. The summed E-state index contributed by atoms with van der Waals surface area (Å²) in [5.74, 6) is -0.0190. The van der Waals surface area contributed by atoms with Crippen LogP contribution in [0.3, 0.4) is 0 Å². The fraction of sp³-hybridized carbons (Fsp3) is 0.391. The van der Waals surface area contributed by atoms with E-state index in [0.717, 1.165) is 16.5 Å². The van der Waals surface area contributed by atoms with Gasteiger partial charge in [-0.3, -0.25) is 9.59 Å². The molecule has 0 aromatic heterocycles. The Labute approximate surface area is 190 Å². The molecule has 0 unspecified atom stereocenters. The van der Waals surface area contributed by atoms with Crippen LogP contribution in [-0.2, 0) is 21.9 Å². The van der Waals surface area contributed by atoms with Crippen molar-refractivity contribution in [2.45, 2.75) is 51.6 Å². The van der Waals surface area contributed by atoms with Gasteiger partial charge >= 0.3 is 0 Å². The van der Waals surface area contributed by atoms with E-state index in [9.17, 15) is 14.0 Å². The zero-order chi connectivity index (χ0) is 22.1. The van der Waals surface area contributed by atoms with E-state index >= 15 is 0 Å². The van der Waals surface area contributed by atoms with Gasteiger partial charge in [0.2, 0.25) is 11.8 Å². The van der Waals surface area contributed by atoms with Gasteiger partial charge in [-0.25, -0.2) is 4.39 Å². The molecule has 2 amide bonds. The fourth-order valence-corrected chi connectivity index (χ4v) is 3.94. The van der Waals surface area contributed by atoms with E-state index < -0.39 is 6.04 Å². The molecule has 4 nitrogen and oxygen atoms in total. The van der Waals surface area contributed by atoms with Gasteiger partial charge in [0.15, 0.2) is 0 Å². The van der Waals surface area contributed by atoms with Crippen LogP contribution in [0.1, 0.15) is 38.3 Å². The maximum absolute atomic E-state index is 13.8. The third-order valence-electron chi connectivity index (χ3n) is 4.88. The maximum atomic E-state index is 13.8. The van der Waals surface area contributed by atoms with Crippen molar-refractivity contribution < 1.29 is 14.0 Å². The number of carbonyl (C=O) groups excluding carboxylic acids is 2. The lowest BCUT2D eigenvalue weighted by atomic mass is 10.1. The molecule has 2 aromatic rings. The summed E-state index contributed by atoms with van der Waals surface area (Å²) in [5.41, 5.74) is 1.51. The van der Waals surface area contributed by atoms with Crippen LogP contribution in [0.15, 0.2) is 53.0 Å². The Balaban J connectivity index is 2.08. The van der Waals surface area contributed by atoms with Gasteiger partial charge in [0.1, 0.15) is 11.9 Å². The number of benzene rings is 2. The molecule has 162 valence electrons. The predicted molar refractivity (Wildman–Crippen MR) is 125 cm³/mol. The van der Waals surface area contributed by atoms with Gasteiger partial charge in [-0.2, -0.15) is 0 Å². The van der Waals surface area contributed by atoms with Crippen molar-refractivity contribution in [3.63, 3.8) is 0 Å². The van der Waals surface area contributed by atoms with Crippen LogP contribution in [-0.4, -0.2) is 34.6 Å². The third kappa shape index (κ3) is 7.43. The maximum Gasteiger partial charge on any atom is 0.242 e. The number of hydrogen-bond donors (Lipinski definition) is 1. The highest BCUT2D eigenvalue weighted by Gasteiger charge is 2.26. The lowest BCUT2D eigenvalue weighted by molar-refractivity contribution is -0.138. The first-order valence-electron chi connectivity index (χ1n) is 9.97. The standard InChI is InChI=1S/C23H28BrFN2O2S/c1-4-16(2)26-23(29)17(3)27(13-18-9-11-20(24)12-10-18)22(28)15-30-14-19-7-5-6-8-21(19)25/h5-12,16-17H,4,13-15H2,1-3H3,(H,26,29)/t16-,17+/m1/s1. The highest BCUT2D eigenvalue weighted by Crippen LogP contribution is 2.19. The second-order valence-electron chi connectivity index (χ2n) is 7.23. The minimum absolute atomic E-state index is 0.0417. The zero-order valence-corrected chi connectivity index (χ0v) is 19.9. The second kappa shape index (κ2) is 12.1. The van der Waals surface area contributed by atoms with E-state index in [1.807, 2.05) is 38.1 Å². The number of thioether (sulfide) groups is 1. The van der Waals surface area contributed by atoms with E-state index in [1.54, 1.807) is 30.0 Å². The summed E-state index contributed by atoms with van der Waals surface area (Å²) < 4.78 is 14.8. The lowest BCUT2D eigenvalue weighted by Gasteiger charge is -2.29. The first kappa shape index (κ1) is 24.4. The van der Waals surface area contributed by atoms with Crippen LogP contribution < -0.4 is 5.32 Å². The highest BCUT2D eigenvalue weighted by molar-refractivity contribution is 9.10. The van der Waals surface area contributed by atoms with Crippen molar-refractivity contribution in [3.05, 3.63) is 69.9 Å². The first-order valence-corrected chi connectivity index (χ1v) is 11.9.